The average molecular weight is 389 g/mol. The molecule has 0 aromatic carbocycles. The number of ketones is 1. The standard InChI is InChI=1S/C23H32O5/c1-13(24)27-16-7-9-22(3)15(11-16)12-19(28-14(2)25)21-17-5-6-20(26)23(17,4)10-8-18(21)22/h12,16-19,21H,5-11H2,1-4H3/t16-,17?,18?,19?,21?,22-,23-/m0/s1. The minimum absolute atomic E-state index is 0.0327. The van der Waals surface area contributed by atoms with E-state index in [1.165, 1.54) is 19.4 Å². The molecule has 5 nitrogen and oxygen atoms in total. The second-order valence-electron chi connectivity index (χ2n) is 9.87. The number of fused-ring (bicyclic) bond motifs is 5. The summed E-state index contributed by atoms with van der Waals surface area (Å²) >= 11 is 0. The molecule has 4 rings (SSSR count). The number of rotatable bonds is 2. The molecule has 4 aliphatic carbocycles. The van der Waals surface area contributed by atoms with Crippen molar-refractivity contribution in [3.63, 3.8) is 0 Å². The summed E-state index contributed by atoms with van der Waals surface area (Å²) in [5.41, 5.74) is 1.03. The van der Waals surface area contributed by atoms with Gasteiger partial charge in [0.1, 0.15) is 18.0 Å². The smallest absolute Gasteiger partial charge is 0.303 e. The van der Waals surface area contributed by atoms with Gasteiger partial charge in [0.2, 0.25) is 0 Å². The molecule has 3 fully saturated rings. The van der Waals surface area contributed by atoms with Gasteiger partial charge in [-0.25, -0.2) is 0 Å². The Morgan fingerprint density at radius 3 is 2.29 bits per heavy atom. The van der Waals surface area contributed by atoms with E-state index in [9.17, 15) is 14.4 Å². The van der Waals surface area contributed by atoms with Crippen LogP contribution in [-0.4, -0.2) is 29.9 Å². The first-order valence-corrected chi connectivity index (χ1v) is 10.7. The molecule has 4 unspecified atom stereocenters. The second-order valence-corrected chi connectivity index (χ2v) is 9.87. The van der Waals surface area contributed by atoms with Crippen LogP contribution in [0, 0.1) is 28.6 Å². The SMILES string of the molecule is CC(=O)OC1C=C2C[C@@H](OC(C)=O)CC[C@]2(C)C2CC[C@]3(C)C(=O)CCC3C12. The zero-order valence-electron chi connectivity index (χ0n) is 17.5. The number of carbonyl (C=O) groups excluding carboxylic acids is 3. The van der Waals surface area contributed by atoms with Crippen molar-refractivity contribution in [1.29, 1.82) is 0 Å². The van der Waals surface area contributed by atoms with Crippen molar-refractivity contribution in [1.82, 2.24) is 0 Å². The van der Waals surface area contributed by atoms with Crippen molar-refractivity contribution in [3.05, 3.63) is 11.6 Å². The van der Waals surface area contributed by atoms with Crippen LogP contribution in [0.3, 0.4) is 0 Å². The van der Waals surface area contributed by atoms with Crippen molar-refractivity contribution in [2.45, 2.75) is 84.8 Å². The van der Waals surface area contributed by atoms with E-state index in [4.69, 9.17) is 9.47 Å². The molecule has 3 saturated carbocycles. The molecule has 28 heavy (non-hydrogen) atoms. The Morgan fingerprint density at radius 1 is 0.964 bits per heavy atom. The van der Waals surface area contributed by atoms with E-state index in [2.05, 4.69) is 19.9 Å². The third-order valence-corrected chi connectivity index (χ3v) is 8.41. The van der Waals surface area contributed by atoms with Crippen LogP contribution < -0.4 is 0 Å². The molecule has 154 valence electrons. The van der Waals surface area contributed by atoms with Crippen LogP contribution in [0.25, 0.3) is 0 Å². The van der Waals surface area contributed by atoms with Gasteiger partial charge >= 0.3 is 11.9 Å². The second kappa shape index (κ2) is 6.70. The number of Topliss-reactive ketones (excluding diaryl/α,β-unsaturated/α-hetero) is 1. The van der Waals surface area contributed by atoms with E-state index in [0.717, 1.165) is 38.5 Å². The third-order valence-electron chi connectivity index (χ3n) is 8.41. The molecular formula is C23H32O5. The fraction of sp³-hybridized carbons (Fsp3) is 0.783. The number of carbonyl (C=O) groups is 3. The highest BCUT2D eigenvalue weighted by Crippen LogP contribution is 2.64. The fourth-order valence-electron chi connectivity index (χ4n) is 7.00. The predicted molar refractivity (Wildman–Crippen MR) is 103 cm³/mol. The summed E-state index contributed by atoms with van der Waals surface area (Å²) in [6.45, 7) is 7.39. The van der Waals surface area contributed by atoms with Gasteiger partial charge in [0.15, 0.2) is 0 Å². The zero-order valence-corrected chi connectivity index (χ0v) is 17.5. The highest BCUT2D eigenvalue weighted by molar-refractivity contribution is 5.87. The summed E-state index contributed by atoms with van der Waals surface area (Å²) in [7, 11) is 0. The summed E-state index contributed by atoms with van der Waals surface area (Å²) in [4.78, 5) is 36.0. The monoisotopic (exact) mass is 388 g/mol. The highest BCUT2D eigenvalue weighted by atomic mass is 16.5. The molecule has 0 saturated heterocycles. The Labute approximate surface area is 167 Å². The van der Waals surface area contributed by atoms with Crippen LogP contribution in [0.2, 0.25) is 0 Å². The van der Waals surface area contributed by atoms with Crippen LogP contribution in [0.4, 0.5) is 0 Å². The lowest BCUT2D eigenvalue weighted by Crippen LogP contribution is -2.55. The molecule has 0 heterocycles. The van der Waals surface area contributed by atoms with Crippen LogP contribution >= 0.6 is 0 Å². The van der Waals surface area contributed by atoms with E-state index >= 15 is 0 Å². The molecule has 0 N–H and O–H groups in total. The lowest BCUT2D eigenvalue weighted by atomic mass is 9.47. The molecule has 0 aliphatic heterocycles. The molecule has 7 atom stereocenters. The Bertz CT molecular complexity index is 739. The largest absolute Gasteiger partial charge is 0.462 e. The molecular weight excluding hydrogens is 356 g/mol. The first-order chi connectivity index (χ1) is 13.1. The van der Waals surface area contributed by atoms with Crippen LogP contribution in [-0.2, 0) is 23.9 Å². The van der Waals surface area contributed by atoms with Gasteiger partial charge in [-0.05, 0) is 55.4 Å². The van der Waals surface area contributed by atoms with Gasteiger partial charge in [0.05, 0.1) is 0 Å². The fourth-order valence-corrected chi connectivity index (χ4v) is 7.00. The van der Waals surface area contributed by atoms with Crippen molar-refractivity contribution < 1.29 is 23.9 Å². The molecule has 0 amide bonds. The Hall–Kier alpha value is -1.65. The van der Waals surface area contributed by atoms with Crippen LogP contribution in [0.1, 0.15) is 72.6 Å². The van der Waals surface area contributed by atoms with Crippen molar-refractivity contribution in [2.24, 2.45) is 28.6 Å². The summed E-state index contributed by atoms with van der Waals surface area (Å²) in [5.74, 6) is 0.762. The van der Waals surface area contributed by atoms with Gasteiger partial charge in [-0.1, -0.05) is 19.4 Å². The normalized spacial score (nSPS) is 44.6. The summed E-state index contributed by atoms with van der Waals surface area (Å²) < 4.78 is 11.3. The Kier molecular flexibility index (Phi) is 4.71. The predicted octanol–water partition coefficient (Wildman–Crippen LogP) is 3.99. The van der Waals surface area contributed by atoms with Crippen molar-refractivity contribution >= 4 is 17.7 Å². The van der Waals surface area contributed by atoms with Crippen molar-refractivity contribution in [2.75, 3.05) is 0 Å². The minimum atomic E-state index is -0.280. The maximum absolute atomic E-state index is 12.7. The summed E-state index contributed by atoms with van der Waals surface area (Å²) in [6, 6.07) is 0. The van der Waals surface area contributed by atoms with Gasteiger partial charge in [-0.3, -0.25) is 14.4 Å². The first kappa shape index (κ1) is 19.7. The maximum atomic E-state index is 12.7. The molecule has 0 spiro atoms. The van der Waals surface area contributed by atoms with E-state index in [1.54, 1.807) is 0 Å². The molecule has 4 aliphatic rings. The summed E-state index contributed by atoms with van der Waals surface area (Å²) in [6.07, 6.45) is 7.82. The first-order valence-electron chi connectivity index (χ1n) is 10.7. The van der Waals surface area contributed by atoms with E-state index in [0.29, 0.717) is 18.1 Å². The molecule has 0 aromatic rings. The Morgan fingerprint density at radius 2 is 1.61 bits per heavy atom. The zero-order chi connectivity index (χ0) is 20.3. The van der Waals surface area contributed by atoms with Gasteiger partial charge in [0.25, 0.3) is 0 Å². The number of esters is 2. The molecule has 0 aromatic heterocycles. The maximum Gasteiger partial charge on any atom is 0.303 e. The quantitative estimate of drug-likeness (QED) is 0.528. The average Bonchev–Trinajstić information content (AvgIpc) is 2.90. The number of ether oxygens (including phenoxy) is 2. The highest BCUT2D eigenvalue weighted by Gasteiger charge is 2.61. The topological polar surface area (TPSA) is 69.7 Å². The molecule has 5 heteroatoms. The number of hydrogen-bond acceptors (Lipinski definition) is 5. The lowest BCUT2D eigenvalue weighted by Gasteiger charge is -2.58. The van der Waals surface area contributed by atoms with Crippen molar-refractivity contribution in [3.8, 4) is 0 Å². The van der Waals surface area contributed by atoms with Crippen LogP contribution in [0.15, 0.2) is 11.6 Å². The van der Waals surface area contributed by atoms with Crippen LogP contribution in [0.5, 0.6) is 0 Å². The minimum Gasteiger partial charge on any atom is -0.462 e. The van der Waals surface area contributed by atoms with Gasteiger partial charge in [-0.2, -0.15) is 0 Å². The molecule has 0 radical (unpaired) electrons. The summed E-state index contributed by atoms with van der Waals surface area (Å²) in [5, 5.41) is 0. The van der Waals surface area contributed by atoms with Gasteiger partial charge < -0.3 is 9.47 Å². The third kappa shape index (κ3) is 2.93. The van der Waals surface area contributed by atoms with E-state index in [-0.39, 0.29) is 46.8 Å². The van der Waals surface area contributed by atoms with Gasteiger partial charge in [-0.15, -0.1) is 0 Å². The Balaban J connectivity index is 1.71. The number of hydrogen-bond donors (Lipinski definition) is 0. The molecule has 0 bridgehead atoms. The van der Waals surface area contributed by atoms with Gasteiger partial charge in [0, 0.05) is 38.0 Å². The lowest BCUT2D eigenvalue weighted by molar-refractivity contribution is -0.159. The van der Waals surface area contributed by atoms with E-state index < -0.39 is 0 Å². The van der Waals surface area contributed by atoms with E-state index in [1.807, 2.05) is 0 Å².